The smallest absolute Gasteiger partial charge is 0.273 e. The molecular weight excluding hydrogens is 360 g/mol. The van der Waals surface area contributed by atoms with Crippen LogP contribution in [0, 0.1) is 6.92 Å². The molecule has 6 nitrogen and oxygen atoms in total. The van der Waals surface area contributed by atoms with Gasteiger partial charge in [0.05, 0.1) is 23.6 Å². The zero-order valence-corrected chi connectivity index (χ0v) is 15.8. The lowest BCUT2D eigenvalue weighted by molar-refractivity contribution is 0.0675. The lowest BCUT2D eigenvalue weighted by Crippen LogP contribution is -2.40. The molecule has 1 saturated heterocycles. The zero-order valence-electron chi connectivity index (χ0n) is 14.1. The van der Waals surface area contributed by atoms with E-state index in [4.69, 9.17) is 4.74 Å². The third kappa shape index (κ3) is 4.19. The first-order valence-electron chi connectivity index (χ1n) is 7.94. The molecule has 0 saturated carbocycles. The van der Waals surface area contributed by atoms with Gasteiger partial charge in [0.2, 0.25) is 0 Å². The molecule has 8 heteroatoms. The highest BCUT2D eigenvalue weighted by molar-refractivity contribution is 7.91. The van der Waals surface area contributed by atoms with Crippen molar-refractivity contribution in [3.8, 4) is 5.75 Å². The highest BCUT2D eigenvalue weighted by atomic mass is 32.2. The third-order valence-corrected chi connectivity index (χ3v) is 6.78. The van der Waals surface area contributed by atoms with E-state index in [-0.39, 0.29) is 23.5 Å². The lowest BCUT2D eigenvalue weighted by Gasteiger charge is -2.28. The topological polar surface area (TPSA) is 76.6 Å². The number of ether oxygens (including phenoxy) is 1. The number of rotatable bonds is 5. The fourth-order valence-electron chi connectivity index (χ4n) is 2.92. The van der Waals surface area contributed by atoms with Crippen LogP contribution >= 0.6 is 11.3 Å². The van der Waals surface area contributed by atoms with Crippen molar-refractivity contribution in [2.75, 3.05) is 18.6 Å². The summed E-state index contributed by atoms with van der Waals surface area (Å²) < 4.78 is 28.9. The molecule has 1 fully saturated rings. The van der Waals surface area contributed by atoms with Crippen LogP contribution in [0.5, 0.6) is 5.75 Å². The summed E-state index contributed by atoms with van der Waals surface area (Å²) in [4.78, 5) is 18.8. The molecule has 1 atom stereocenters. The summed E-state index contributed by atoms with van der Waals surface area (Å²) in [5, 5.41) is 2.54. The number of carbonyl (C=O) groups excluding carboxylic acids is 1. The van der Waals surface area contributed by atoms with Gasteiger partial charge < -0.3 is 9.64 Å². The van der Waals surface area contributed by atoms with Crippen molar-refractivity contribution in [2.45, 2.75) is 25.9 Å². The number of amides is 1. The fourth-order valence-corrected chi connectivity index (χ4v) is 5.24. The zero-order chi connectivity index (χ0) is 18.0. The number of benzene rings is 1. The van der Waals surface area contributed by atoms with E-state index in [2.05, 4.69) is 4.98 Å². The van der Waals surface area contributed by atoms with E-state index < -0.39 is 9.84 Å². The molecule has 0 aliphatic carbocycles. The second kappa shape index (κ2) is 7.13. The number of carbonyl (C=O) groups is 1. The van der Waals surface area contributed by atoms with Crippen LogP contribution in [0.3, 0.4) is 0 Å². The Kier molecular flexibility index (Phi) is 5.10. The van der Waals surface area contributed by atoms with Crippen molar-refractivity contribution in [3.05, 3.63) is 45.9 Å². The molecular formula is C17H20N2O4S2. The highest BCUT2D eigenvalue weighted by Crippen LogP contribution is 2.23. The van der Waals surface area contributed by atoms with Crippen molar-refractivity contribution in [1.82, 2.24) is 9.88 Å². The van der Waals surface area contributed by atoms with Gasteiger partial charge in [0, 0.05) is 18.0 Å². The molecule has 1 aromatic heterocycles. The van der Waals surface area contributed by atoms with Gasteiger partial charge in [0.15, 0.2) is 9.84 Å². The molecule has 2 aromatic rings. The van der Waals surface area contributed by atoms with Crippen LogP contribution in [0.1, 0.15) is 27.5 Å². The van der Waals surface area contributed by atoms with Crippen molar-refractivity contribution >= 4 is 27.1 Å². The predicted octanol–water partition coefficient (Wildman–Crippen LogP) is 2.29. The summed E-state index contributed by atoms with van der Waals surface area (Å²) >= 11 is 1.41. The summed E-state index contributed by atoms with van der Waals surface area (Å²) in [6.07, 6.45) is 0.466. The van der Waals surface area contributed by atoms with E-state index in [0.29, 0.717) is 18.7 Å². The van der Waals surface area contributed by atoms with Gasteiger partial charge >= 0.3 is 0 Å². The van der Waals surface area contributed by atoms with Crippen molar-refractivity contribution in [1.29, 1.82) is 0 Å². The largest absolute Gasteiger partial charge is 0.497 e. The number of sulfone groups is 1. The molecule has 1 amide bonds. The normalized spacial score (nSPS) is 18.9. The van der Waals surface area contributed by atoms with E-state index in [1.54, 1.807) is 17.4 Å². The highest BCUT2D eigenvalue weighted by Gasteiger charge is 2.35. The van der Waals surface area contributed by atoms with E-state index in [9.17, 15) is 13.2 Å². The van der Waals surface area contributed by atoms with Crippen LogP contribution < -0.4 is 4.74 Å². The number of aryl methyl sites for hydroxylation is 1. The van der Waals surface area contributed by atoms with E-state index in [0.717, 1.165) is 16.3 Å². The second-order valence-electron chi connectivity index (χ2n) is 6.09. The van der Waals surface area contributed by atoms with Crippen LogP contribution in [-0.2, 0) is 16.4 Å². The lowest BCUT2D eigenvalue weighted by atomic mass is 10.1. The molecule has 0 spiro atoms. The number of nitrogens with zero attached hydrogens (tertiary/aromatic N) is 2. The molecule has 134 valence electrons. The van der Waals surface area contributed by atoms with E-state index >= 15 is 0 Å². The maximum Gasteiger partial charge on any atom is 0.273 e. The molecule has 1 aromatic carbocycles. The number of hydrogen-bond donors (Lipinski definition) is 0. The summed E-state index contributed by atoms with van der Waals surface area (Å²) in [6, 6.07) is 7.11. The SMILES string of the molecule is COc1ccc(CN(C(=O)c2csc(C)n2)C2CCS(=O)(=O)C2)cc1. The fraction of sp³-hybridized carbons (Fsp3) is 0.412. The van der Waals surface area contributed by atoms with Gasteiger partial charge in [-0.25, -0.2) is 13.4 Å². The molecule has 2 heterocycles. The molecule has 0 radical (unpaired) electrons. The maximum atomic E-state index is 12.9. The van der Waals surface area contributed by atoms with E-state index in [1.807, 2.05) is 31.2 Å². The minimum Gasteiger partial charge on any atom is -0.497 e. The molecule has 1 unspecified atom stereocenters. The summed E-state index contributed by atoms with van der Waals surface area (Å²) in [7, 11) is -1.49. The number of hydrogen-bond acceptors (Lipinski definition) is 6. The average Bonchev–Trinajstić information content (AvgIpc) is 3.18. The Bertz CT molecular complexity index is 859. The Labute approximate surface area is 151 Å². The maximum absolute atomic E-state index is 12.9. The predicted molar refractivity (Wildman–Crippen MR) is 96.8 cm³/mol. The first kappa shape index (κ1) is 17.9. The molecule has 0 bridgehead atoms. The van der Waals surface area contributed by atoms with Crippen LogP contribution in [-0.4, -0.2) is 48.9 Å². The number of thiazole rings is 1. The van der Waals surface area contributed by atoms with Crippen molar-refractivity contribution in [2.24, 2.45) is 0 Å². The Morgan fingerprint density at radius 2 is 2.08 bits per heavy atom. The monoisotopic (exact) mass is 380 g/mol. The molecule has 3 rings (SSSR count). The van der Waals surface area contributed by atoms with E-state index in [1.165, 1.54) is 11.3 Å². The summed E-state index contributed by atoms with van der Waals surface area (Å²) in [5.41, 5.74) is 1.30. The van der Waals surface area contributed by atoms with Gasteiger partial charge in [0.25, 0.3) is 5.91 Å². The Hall–Kier alpha value is -1.93. The van der Waals surface area contributed by atoms with Crippen LogP contribution in [0.2, 0.25) is 0 Å². The first-order chi connectivity index (χ1) is 11.9. The average molecular weight is 380 g/mol. The van der Waals surface area contributed by atoms with Crippen LogP contribution in [0.4, 0.5) is 0 Å². The van der Waals surface area contributed by atoms with Crippen LogP contribution in [0.25, 0.3) is 0 Å². The minimum atomic E-state index is -3.09. The van der Waals surface area contributed by atoms with Gasteiger partial charge in [-0.1, -0.05) is 12.1 Å². The third-order valence-electron chi connectivity index (χ3n) is 4.26. The number of aromatic nitrogens is 1. The molecule has 0 N–H and O–H groups in total. The minimum absolute atomic E-state index is 0.0119. The summed E-state index contributed by atoms with van der Waals surface area (Å²) in [5.74, 6) is 0.653. The molecule has 1 aliphatic heterocycles. The van der Waals surface area contributed by atoms with Crippen molar-refractivity contribution in [3.63, 3.8) is 0 Å². The van der Waals surface area contributed by atoms with Gasteiger partial charge in [-0.3, -0.25) is 4.79 Å². The molecule has 1 aliphatic rings. The first-order valence-corrected chi connectivity index (χ1v) is 10.6. The van der Waals surface area contributed by atoms with Gasteiger partial charge in [-0.05, 0) is 31.0 Å². The van der Waals surface area contributed by atoms with Gasteiger partial charge in [0.1, 0.15) is 11.4 Å². The Morgan fingerprint density at radius 1 is 1.36 bits per heavy atom. The van der Waals surface area contributed by atoms with Gasteiger partial charge in [-0.2, -0.15) is 0 Å². The van der Waals surface area contributed by atoms with Crippen LogP contribution in [0.15, 0.2) is 29.6 Å². The Balaban J connectivity index is 1.86. The summed E-state index contributed by atoms with van der Waals surface area (Å²) in [6.45, 7) is 2.19. The quantitative estimate of drug-likeness (QED) is 0.795. The Morgan fingerprint density at radius 3 is 2.60 bits per heavy atom. The second-order valence-corrected chi connectivity index (χ2v) is 9.38. The van der Waals surface area contributed by atoms with Crippen molar-refractivity contribution < 1.29 is 17.9 Å². The van der Waals surface area contributed by atoms with Gasteiger partial charge in [-0.15, -0.1) is 11.3 Å². The molecule has 25 heavy (non-hydrogen) atoms. The standard InChI is InChI=1S/C17H20N2O4S2/c1-12-18-16(10-24-12)17(20)19(14-7-8-25(21,22)11-14)9-13-3-5-15(23-2)6-4-13/h3-6,10,14H,7-9,11H2,1-2H3. The number of methoxy groups -OCH3 is 1.